The fourth-order valence-electron chi connectivity index (χ4n) is 2.01. The van der Waals surface area contributed by atoms with E-state index in [1.54, 1.807) is 7.11 Å². The van der Waals surface area contributed by atoms with Crippen LogP contribution >= 0.6 is 11.8 Å². The second kappa shape index (κ2) is 7.54. The molecule has 1 aromatic rings. The SMILES string of the molecule is COc1ccc(OCCSC2CCCNC2)cc1. The Hall–Kier alpha value is -0.870. The Morgan fingerprint density at radius 1 is 1.28 bits per heavy atom. The summed E-state index contributed by atoms with van der Waals surface area (Å²) in [6, 6.07) is 7.75. The number of ether oxygens (including phenoxy) is 2. The molecule has 0 radical (unpaired) electrons. The lowest BCUT2D eigenvalue weighted by molar-refractivity contribution is 0.342. The Bertz CT molecular complexity index is 336. The third-order valence-electron chi connectivity index (χ3n) is 3.02. The van der Waals surface area contributed by atoms with Crippen molar-refractivity contribution in [3.05, 3.63) is 24.3 Å². The lowest BCUT2D eigenvalue weighted by Gasteiger charge is -2.22. The fraction of sp³-hybridized carbons (Fsp3) is 0.571. The maximum absolute atomic E-state index is 5.70. The lowest BCUT2D eigenvalue weighted by atomic mass is 10.2. The maximum Gasteiger partial charge on any atom is 0.119 e. The van der Waals surface area contributed by atoms with E-state index < -0.39 is 0 Å². The molecular formula is C14H21NO2S. The highest BCUT2D eigenvalue weighted by Gasteiger charge is 2.12. The summed E-state index contributed by atoms with van der Waals surface area (Å²) >= 11 is 2.01. The van der Waals surface area contributed by atoms with Crippen molar-refractivity contribution in [2.24, 2.45) is 0 Å². The van der Waals surface area contributed by atoms with Crippen LogP contribution in [0.2, 0.25) is 0 Å². The van der Waals surface area contributed by atoms with Gasteiger partial charge >= 0.3 is 0 Å². The van der Waals surface area contributed by atoms with Crippen LogP contribution in [0, 0.1) is 0 Å². The molecule has 100 valence electrons. The molecule has 1 unspecified atom stereocenters. The first-order valence-electron chi connectivity index (χ1n) is 6.47. The van der Waals surface area contributed by atoms with Crippen molar-refractivity contribution in [1.29, 1.82) is 0 Å². The van der Waals surface area contributed by atoms with Crippen LogP contribution in [0.25, 0.3) is 0 Å². The van der Waals surface area contributed by atoms with Crippen LogP contribution in [0.3, 0.4) is 0 Å². The minimum atomic E-state index is 0.762. The zero-order valence-electron chi connectivity index (χ0n) is 10.9. The topological polar surface area (TPSA) is 30.5 Å². The zero-order valence-corrected chi connectivity index (χ0v) is 11.7. The number of hydrogen-bond acceptors (Lipinski definition) is 4. The van der Waals surface area contributed by atoms with Crippen LogP contribution in [0.4, 0.5) is 0 Å². The van der Waals surface area contributed by atoms with Gasteiger partial charge in [-0.2, -0.15) is 11.8 Å². The monoisotopic (exact) mass is 267 g/mol. The molecule has 1 saturated heterocycles. The quantitative estimate of drug-likeness (QED) is 0.803. The Morgan fingerprint density at radius 2 is 2.06 bits per heavy atom. The van der Waals surface area contributed by atoms with Crippen molar-refractivity contribution < 1.29 is 9.47 Å². The summed E-state index contributed by atoms with van der Waals surface area (Å²) in [4.78, 5) is 0. The normalized spacial score (nSPS) is 19.5. The number of hydrogen-bond donors (Lipinski definition) is 1. The molecule has 0 aromatic heterocycles. The van der Waals surface area contributed by atoms with Gasteiger partial charge in [0.15, 0.2) is 0 Å². The summed E-state index contributed by atoms with van der Waals surface area (Å²) in [6.07, 6.45) is 2.64. The Labute approximate surface area is 113 Å². The molecule has 1 aromatic carbocycles. The minimum absolute atomic E-state index is 0.762. The van der Waals surface area contributed by atoms with Gasteiger partial charge in [0.1, 0.15) is 11.5 Å². The number of benzene rings is 1. The summed E-state index contributed by atoms with van der Waals surface area (Å²) in [5.41, 5.74) is 0. The highest BCUT2D eigenvalue weighted by Crippen LogP contribution is 2.20. The third kappa shape index (κ3) is 4.42. The van der Waals surface area contributed by atoms with Crippen molar-refractivity contribution in [3.63, 3.8) is 0 Å². The highest BCUT2D eigenvalue weighted by atomic mass is 32.2. The molecule has 0 aliphatic carbocycles. The van der Waals surface area contributed by atoms with Gasteiger partial charge in [-0.05, 0) is 43.7 Å². The number of piperidine rings is 1. The van der Waals surface area contributed by atoms with Gasteiger partial charge in [0.2, 0.25) is 0 Å². The molecule has 2 rings (SSSR count). The van der Waals surface area contributed by atoms with Crippen molar-refractivity contribution >= 4 is 11.8 Å². The van der Waals surface area contributed by atoms with Crippen molar-refractivity contribution in [2.45, 2.75) is 18.1 Å². The Balaban J connectivity index is 1.62. The average Bonchev–Trinajstić information content (AvgIpc) is 2.45. The molecular weight excluding hydrogens is 246 g/mol. The first-order valence-corrected chi connectivity index (χ1v) is 7.52. The first kappa shape index (κ1) is 13.6. The summed E-state index contributed by atoms with van der Waals surface area (Å²) < 4.78 is 10.8. The third-order valence-corrected chi connectivity index (χ3v) is 4.29. The van der Waals surface area contributed by atoms with E-state index in [0.29, 0.717) is 0 Å². The van der Waals surface area contributed by atoms with Crippen molar-refractivity contribution in [1.82, 2.24) is 5.32 Å². The van der Waals surface area contributed by atoms with Gasteiger partial charge in [-0.15, -0.1) is 0 Å². The van der Waals surface area contributed by atoms with E-state index in [-0.39, 0.29) is 0 Å². The zero-order chi connectivity index (χ0) is 12.6. The van der Waals surface area contributed by atoms with E-state index in [1.165, 1.54) is 19.4 Å². The smallest absolute Gasteiger partial charge is 0.119 e. The second-order valence-electron chi connectivity index (χ2n) is 4.36. The summed E-state index contributed by atoms with van der Waals surface area (Å²) in [5.74, 6) is 2.83. The molecule has 0 spiro atoms. The largest absolute Gasteiger partial charge is 0.497 e. The van der Waals surface area contributed by atoms with Crippen LogP contribution in [-0.2, 0) is 0 Å². The molecule has 1 aliphatic rings. The van der Waals surface area contributed by atoms with Crippen LogP contribution in [-0.4, -0.2) is 37.8 Å². The summed E-state index contributed by atoms with van der Waals surface area (Å²) in [6.45, 7) is 3.10. The fourth-order valence-corrected chi connectivity index (χ4v) is 3.09. The predicted octanol–water partition coefficient (Wildman–Crippen LogP) is 2.56. The van der Waals surface area contributed by atoms with Crippen LogP contribution < -0.4 is 14.8 Å². The van der Waals surface area contributed by atoms with Gasteiger partial charge in [-0.25, -0.2) is 0 Å². The van der Waals surface area contributed by atoms with Crippen molar-refractivity contribution in [3.8, 4) is 11.5 Å². The van der Waals surface area contributed by atoms with E-state index in [2.05, 4.69) is 5.32 Å². The lowest BCUT2D eigenvalue weighted by Crippen LogP contribution is -2.32. The molecule has 0 amide bonds. The molecule has 0 saturated carbocycles. The van der Waals surface area contributed by atoms with E-state index in [9.17, 15) is 0 Å². The van der Waals surface area contributed by atoms with Gasteiger partial charge in [0.05, 0.1) is 13.7 Å². The van der Waals surface area contributed by atoms with Crippen molar-refractivity contribution in [2.75, 3.05) is 32.6 Å². The van der Waals surface area contributed by atoms with E-state index in [0.717, 1.165) is 35.7 Å². The van der Waals surface area contributed by atoms with Crippen LogP contribution in [0.15, 0.2) is 24.3 Å². The molecule has 1 heterocycles. The maximum atomic E-state index is 5.70. The molecule has 1 fully saturated rings. The van der Waals surface area contributed by atoms with Gasteiger partial charge in [-0.1, -0.05) is 0 Å². The van der Waals surface area contributed by atoms with Crippen LogP contribution in [0.1, 0.15) is 12.8 Å². The molecule has 1 atom stereocenters. The number of methoxy groups -OCH3 is 1. The van der Waals surface area contributed by atoms with E-state index in [1.807, 2.05) is 36.0 Å². The van der Waals surface area contributed by atoms with E-state index in [4.69, 9.17) is 9.47 Å². The first-order chi connectivity index (χ1) is 8.88. The highest BCUT2D eigenvalue weighted by molar-refractivity contribution is 7.99. The standard InChI is InChI=1S/C14H21NO2S/c1-16-12-4-6-13(7-5-12)17-9-10-18-14-3-2-8-15-11-14/h4-7,14-15H,2-3,8-11H2,1H3. The number of thioether (sulfide) groups is 1. The molecule has 3 nitrogen and oxygen atoms in total. The molecule has 18 heavy (non-hydrogen) atoms. The van der Waals surface area contributed by atoms with E-state index >= 15 is 0 Å². The van der Waals surface area contributed by atoms with Crippen LogP contribution in [0.5, 0.6) is 11.5 Å². The minimum Gasteiger partial charge on any atom is -0.497 e. The summed E-state index contributed by atoms with van der Waals surface area (Å²) in [7, 11) is 1.67. The molecule has 4 heteroatoms. The predicted molar refractivity (Wildman–Crippen MR) is 76.8 cm³/mol. The Kier molecular flexibility index (Phi) is 5.68. The Morgan fingerprint density at radius 3 is 2.72 bits per heavy atom. The van der Waals surface area contributed by atoms with Gasteiger partial charge in [0, 0.05) is 17.5 Å². The number of rotatable bonds is 6. The number of nitrogens with one attached hydrogen (secondary N) is 1. The molecule has 1 aliphatic heterocycles. The van der Waals surface area contributed by atoms with Gasteiger partial charge < -0.3 is 14.8 Å². The molecule has 0 bridgehead atoms. The summed E-state index contributed by atoms with van der Waals surface area (Å²) in [5, 5.41) is 4.19. The average molecular weight is 267 g/mol. The second-order valence-corrected chi connectivity index (χ2v) is 5.77. The molecule has 1 N–H and O–H groups in total. The van der Waals surface area contributed by atoms with Gasteiger partial charge in [-0.3, -0.25) is 0 Å². The van der Waals surface area contributed by atoms with Gasteiger partial charge in [0.25, 0.3) is 0 Å².